The maximum atomic E-state index is 11.9. The highest BCUT2D eigenvalue weighted by atomic mass is 16.1. The Bertz CT molecular complexity index is 389. The van der Waals surface area contributed by atoms with Gasteiger partial charge in [-0.05, 0) is 12.8 Å². The van der Waals surface area contributed by atoms with Crippen molar-refractivity contribution in [2.45, 2.75) is 12.8 Å². The third-order valence-corrected chi connectivity index (χ3v) is 3.74. The average Bonchev–Trinajstić information content (AvgIpc) is 2.98. The van der Waals surface area contributed by atoms with Crippen molar-refractivity contribution in [3.8, 4) is 6.07 Å². The van der Waals surface area contributed by atoms with Gasteiger partial charge in [-0.15, -0.1) is 0 Å². The Morgan fingerprint density at radius 3 is 2.60 bits per heavy atom. The van der Waals surface area contributed by atoms with E-state index < -0.39 is 0 Å². The molecule has 2 aliphatic rings. The van der Waals surface area contributed by atoms with Crippen molar-refractivity contribution in [2.24, 2.45) is 0 Å². The quantitative estimate of drug-likeness (QED) is 0.524. The summed E-state index contributed by atoms with van der Waals surface area (Å²) in [6.07, 6.45) is 3.98. The Balaban J connectivity index is 1.73. The Hall–Kier alpha value is -1.58. The number of piperazine rings is 1. The molecule has 110 valence electrons. The van der Waals surface area contributed by atoms with Gasteiger partial charge in [0, 0.05) is 58.6 Å². The summed E-state index contributed by atoms with van der Waals surface area (Å²) in [6.45, 7) is 7.37. The minimum atomic E-state index is -0.255. The molecule has 20 heavy (non-hydrogen) atoms. The van der Waals surface area contributed by atoms with E-state index in [0.717, 1.165) is 58.7 Å². The van der Waals surface area contributed by atoms with Crippen LogP contribution in [0.15, 0.2) is 11.8 Å². The lowest BCUT2D eigenvalue weighted by molar-refractivity contribution is -0.117. The third kappa shape index (κ3) is 4.51. The van der Waals surface area contributed by atoms with Crippen molar-refractivity contribution in [1.29, 1.82) is 5.26 Å². The van der Waals surface area contributed by atoms with Crippen LogP contribution in [0.3, 0.4) is 0 Å². The molecule has 0 aromatic carbocycles. The van der Waals surface area contributed by atoms with E-state index in [0.29, 0.717) is 6.54 Å². The molecule has 2 rings (SSSR count). The van der Waals surface area contributed by atoms with Crippen molar-refractivity contribution in [2.75, 3.05) is 52.4 Å². The maximum Gasteiger partial charge on any atom is 0.263 e. The van der Waals surface area contributed by atoms with E-state index in [1.807, 2.05) is 6.07 Å². The van der Waals surface area contributed by atoms with Crippen LogP contribution in [-0.4, -0.2) is 68.1 Å². The lowest BCUT2D eigenvalue weighted by Crippen LogP contribution is -2.46. The smallest absolute Gasteiger partial charge is 0.263 e. The van der Waals surface area contributed by atoms with Crippen LogP contribution in [-0.2, 0) is 4.79 Å². The highest BCUT2D eigenvalue weighted by Gasteiger charge is 2.14. The Labute approximate surface area is 120 Å². The topological polar surface area (TPSA) is 71.4 Å². The molecule has 6 heteroatoms. The van der Waals surface area contributed by atoms with Crippen molar-refractivity contribution in [3.63, 3.8) is 0 Å². The zero-order valence-electron chi connectivity index (χ0n) is 11.9. The zero-order chi connectivity index (χ0) is 14.2. The minimum Gasteiger partial charge on any atom is -0.376 e. The largest absolute Gasteiger partial charge is 0.376 e. The number of carbonyl (C=O) groups excluding carboxylic acids is 1. The van der Waals surface area contributed by atoms with Gasteiger partial charge >= 0.3 is 0 Å². The number of nitrogens with zero attached hydrogens (tertiary/aromatic N) is 3. The van der Waals surface area contributed by atoms with Gasteiger partial charge in [0.05, 0.1) is 0 Å². The van der Waals surface area contributed by atoms with Crippen molar-refractivity contribution < 1.29 is 4.79 Å². The molecule has 2 N–H and O–H groups in total. The molecule has 2 saturated heterocycles. The van der Waals surface area contributed by atoms with E-state index in [1.54, 1.807) is 6.20 Å². The van der Waals surface area contributed by atoms with Crippen LogP contribution in [0.4, 0.5) is 0 Å². The first kappa shape index (κ1) is 14.8. The fraction of sp³-hybridized carbons (Fsp3) is 0.714. The summed E-state index contributed by atoms with van der Waals surface area (Å²) in [6, 6.07) is 2.00. The first-order valence-corrected chi connectivity index (χ1v) is 7.37. The molecule has 1 amide bonds. The highest BCUT2D eigenvalue weighted by molar-refractivity contribution is 5.97. The van der Waals surface area contributed by atoms with E-state index in [1.165, 1.54) is 0 Å². The van der Waals surface area contributed by atoms with Gasteiger partial charge in [0.1, 0.15) is 11.6 Å². The summed E-state index contributed by atoms with van der Waals surface area (Å²) >= 11 is 0. The summed E-state index contributed by atoms with van der Waals surface area (Å²) in [4.78, 5) is 16.3. The van der Waals surface area contributed by atoms with E-state index in [9.17, 15) is 4.79 Å². The van der Waals surface area contributed by atoms with Crippen LogP contribution in [0.25, 0.3) is 0 Å². The van der Waals surface area contributed by atoms with E-state index in [2.05, 4.69) is 20.4 Å². The number of nitrogens with one attached hydrogen (secondary N) is 2. The Morgan fingerprint density at radius 2 is 1.95 bits per heavy atom. The number of rotatable bonds is 5. The third-order valence-electron chi connectivity index (χ3n) is 3.74. The van der Waals surface area contributed by atoms with Crippen molar-refractivity contribution >= 4 is 5.91 Å². The summed E-state index contributed by atoms with van der Waals surface area (Å²) in [7, 11) is 0. The lowest BCUT2D eigenvalue weighted by atomic mass is 10.3. The maximum absolute atomic E-state index is 11.9. The summed E-state index contributed by atoms with van der Waals surface area (Å²) in [5.41, 5.74) is 0.215. The lowest BCUT2D eigenvalue weighted by Gasteiger charge is -2.27. The monoisotopic (exact) mass is 277 g/mol. The summed E-state index contributed by atoms with van der Waals surface area (Å²) < 4.78 is 0. The molecule has 0 atom stereocenters. The SMILES string of the molecule is N#C/C(=C/N1CCCC1)C(=O)NCCN1CCNCC1. The predicted octanol–water partition coefficient (Wildman–Crippen LogP) is -0.489. The average molecular weight is 277 g/mol. The second-order valence-electron chi connectivity index (χ2n) is 5.25. The normalized spacial score (nSPS) is 20.8. The molecule has 0 bridgehead atoms. The van der Waals surface area contributed by atoms with Crippen LogP contribution in [0.2, 0.25) is 0 Å². The number of hydrogen-bond donors (Lipinski definition) is 2. The molecule has 0 unspecified atom stereocenters. The van der Waals surface area contributed by atoms with E-state index in [4.69, 9.17) is 5.26 Å². The van der Waals surface area contributed by atoms with Gasteiger partial charge in [-0.1, -0.05) is 0 Å². The highest BCUT2D eigenvalue weighted by Crippen LogP contribution is 2.09. The molecular weight excluding hydrogens is 254 g/mol. The molecule has 0 aromatic rings. The number of nitriles is 1. The van der Waals surface area contributed by atoms with Gasteiger partial charge in [-0.3, -0.25) is 9.69 Å². The summed E-state index contributed by atoms with van der Waals surface area (Å²) in [5, 5.41) is 15.2. The molecule has 2 aliphatic heterocycles. The zero-order valence-corrected chi connectivity index (χ0v) is 11.9. The van der Waals surface area contributed by atoms with Gasteiger partial charge in [-0.2, -0.15) is 5.26 Å². The molecule has 0 saturated carbocycles. The first-order valence-electron chi connectivity index (χ1n) is 7.37. The second-order valence-corrected chi connectivity index (χ2v) is 5.25. The van der Waals surface area contributed by atoms with Crippen LogP contribution in [0, 0.1) is 11.3 Å². The molecule has 2 heterocycles. The molecule has 0 aliphatic carbocycles. The summed E-state index contributed by atoms with van der Waals surface area (Å²) in [5.74, 6) is -0.255. The number of carbonyl (C=O) groups is 1. The van der Waals surface area contributed by atoms with Crippen LogP contribution in [0.5, 0.6) is 0 Å². The predicted molar refractivity (Wildman–Crippen MR) is 76.8 cm³/mol. The molecule has 6 nitrogen and oxygen atoms in total. The Morgan fingerprint density at radius 1 is 1.25 bits per heavy atom. The van der Waals surface area contributed by atoms with Gasteiger partial charge in [-0.25, -0.2) is 0 Å². The van der Waals surface area contributed by atoms with Crippen LogP contribution >= 0.6 is 0 Å². The second kappa shape index (κ2) is 7.88. The minimum absolute atomic E-state index is 0.215. The van der Waals surface area contributed by atoms with Crippen LogP contribution < -0.4 is 10.6 Å². The van der Waals surface area contributed by atoms with Gasteiger partial charge in [0.15, 0.2) is 0 Å². The number of likely N-dealkylation sites (tertiary alicyclic amines) is 1. The van der Waals surface area contributed by atoms with Gasteiger partial charge in [0.25, 0.3) is 5.91 Å². The Kier molecular flexibility index (Phi) is 5.84. The molecule has 0 aromatic heterocycles. The van der Waals surface area contributed by atoms with Gasteiger partial charge in [0.2, 0.25) is 0 Å². The number of hydrogen-bond acceptors (Lipinski definition) is 5. The van der Waals surface area contributed by atoms with Crippen molar-refractivity contribution in [1.82, 2.24) is 20.4 Å². The molecule has 2 fully saturated rings. The van der Waals surface area contributed by atoms with Crippen LogP contribution in [0.1, 0.15) is 12.8 Å². The standard InChI is InChI=1S/C14H23N5O/c15-11-13(12-19-6-1-2-7-19)14(20)17-5-10-18-8-3-16-4-9-18/h12,16H,1-10H2,(H,17,20)/b13-12-. The van der Waals surface area contributed by atoms with Crippen molar-refractivity contribution in [3.05, 3.63) is 11.8 Å². The fourth-order valence-electron chi connectivity index (χ4n) is 2.55. The molecule has 0 spiro atoms. The molecular formula is C14H23N5O. The fourth-order valence-corrected chi connectivity index (χ4v) is 2.55. The first-order chi connectivity index (χ1) is 9.79. The molecule has 0 radical (unpaired) electrons. The number of amides is 1. The van der Waals surface area contributed by atoms with E-state index in [-0.39, 0.29) is 11.5 Å². The van der Waals surface area contributed by atoms with E-state index >= 15 is 0 Å². The van der Waals surface area contributed by atoms with Gasteiger partial charge < -0.3 is 15.5 Å².